The lowest BCUT2D eigenvalue weighted by Gasteiger charge is -2.34. The number of hydrogen-bond donors (Lipinski definition) is 0. The van der Waals surface area contributed by atoms with Gasteiger partial charge in [-0.1, -0.05) is 0 Å². The van der Waals surface area contributed by atoms with Gasteiger partial charge in [-0.05, 0) is 12.8 Å². The lowest BCUT2D eigenvalue weighted by atomic mass is 9.95. The van der Waals surface area contributed by atoms with Gasteiger partial charge in [-0.2, -0.15) is 0 Å². The highest BCUT2D eigenvalue weighted by molar-refractivity contribution is 7.07. The van der Waals surface area contributed by atoms with Crippen molar-refractivity contribution in [3.05, 3.63) is 34.8 Å². The molecule has 0 N–H and O–H groups in total. The van der Waals surface area contributed by atoms with E-state index in [-0.39, 0.29) is 5.91 Å². The summed E-state index contributed by atoms with van der Waals surface area (Å²) in [6, 6.07) is 0. The highest BCUT2D eigenvalue weighted by Gasteiger charge is 2.27. The zero-order valence-corrected chi connectivity index (χ0v) is 15.7. The molecule has 0 bridgehead atoms. The lowest BCUT2D eigenvalue weighted by molar-refractivity contribution is -0.134. The maximum atomic E-state index is 12.6. The number of hydrogen-bond acceptors (Lipinski definition) is 6. The summed E-state index contributed by atoms with van der Waals surface area (Å²) in [6.45, 7) is 6.11. The number of rotatable bonds is 5. The number of aromatic nitrogens is 3. The van der Waals surface area contributed by atoms with Crippen LogP contribution in [0.4, 0.5) is 0 Å². The molecule has 26 heavy (non-hydrogen) atoms. The van der Waals surface area contributed by atoms with Crippen LogP contribution < -0.4 is 0 Å². The summed E-state index contributed by atoms with van der Waals surface area (Å²) in [5, 5.41) is 2.08. The van der Waals surface area contributed by atoms with Crippen molar-refractivity contribution in [1.82, 2.24) is 24.3 Å². The minimum Gasteiger partial charge on any atom is -0.379 e. The van der Waals surface area contributed by atoms with E-state index in [1.54, 1.807) is 11.3 Å². The van der Waals surface area contributed by atoms with Crippen molar-refractivity contribution in [2.45, 2.75) is 25.3 Å². The van der Waals surface area contributed by atoms with E-state index in [0.717, 1.165) is 70.3 Å². The normalized spacial score (nSPS) is 19.8. The summed E-state index contributed by atoms with van der Waals surface area (Å²) in [5.41, 5.74) is 2.94. The smallest absolute Gasteiger partial charge is 0.236 e. The van der Waals surface area contributed by atoms with Crippen molar-refractivity contribution in [3.8, 4) is 0 Å². The number of carbonyl (C=O) groups excluding carboxylic acids is 1. The molecule has 8 heteroatoms. The van der Waals surface area contributed by atoms with Crippen LogP contribution in [0.25, 0.3) is 0 Å². The van der Waals surface area contributed by atoms with E-state index in [1.165, 1.54) is 0 Å². The molecular formula is C18H25N5O2S. The van der Waals surface area contributed by atoms with Gasteiger partial charge in [-0.15, -0.1) is 11.3 Å². The zero-order valence-electron chi connectivity index (χ0n) is 14.9. The van der Waals surface area contributed by atoms with Crippen LogP contribution in [0, 0.1) is 0 Å². The molecule has 1 amide bonds. The second kappa shape index (κ2) is 8.28. The molecule has 0 saturated carbocycles. The van der Waals surface area contributed by atoms with E-state index in [9.17, 15) is 4.79 Å². The molecule has 0 spiro atoms. The highest BCUT2D eigenvalue weighted by Crippen LogP contribution is 2.27. The lowest BCUT2D eigenvalue weighted by Crippen LogP contribution is -2.47. The molecule has 2 aromatic heterocycles. The molecule has 0 aromatic carbocycles. The summed E-state index contributed by atoms with van der Waals surface area (Å²) in [4.78, 5) is 25.7. The van der Waals surface area contributed by atoms with Crippen LogP contribution in [0.5, 0.6) is 0 Å². The first-order valence-electron chi connectivity index (χ1n) is 9.25. The molecule has 4 rings (SSSR count). The molecule has 7 nitrogen and oxygen atoms in total. The molecule has 0 atom stereocenters. The minimum atomic E-state index is 0.246. The predicted molar refractivity (Wildman–Crippen MR) is 99.3 cm³/mol. The summed E-state index contributed by atoms with van der Waals surface area (Å²) < 4.78 is 7.55. The van der Waals surface area contributed by atoms with Crippen molar-refractivity contribution in [1.29, 1.82) is 0 Å². The van der Waals surface area contributed by atoms with Gasteiger partial charge >= 0.3 is 0 Å². The van der Waals surface area contributed by atoms with Crippen molar-refractivity contribution in [2.75, 3.05) is 45.9 Å². The van der Waals surface area contributed by atoms with Crippen LogP contribution in [0.2, 0.25) is 0 Å². The highest BCUT2D eigenvalue weighted by atomic mass is 32.1. The standard InChI is InChI=1S/C18H25N5O2S/c24-17(12-21-7-9-25-10-8-21)22-4-1-15(2-5-22)18-19-3-6-23(18)11-16-13-26-14-20-16/h3,6,13-15H,1-2,4-5,7-12H2. The van der Waals surface area contributed by atoms with Crippen LogP contribution in [-0.4, -0.2) is 76.2 Å². The molecule has 2 aliphatic rings. The first-order valence-corrected chi connectivity index (χ1v) is 10.2. The van der Waals surface area contributed by atoms with Gasteiger partial charge in [0.25, 0.3) is 0 Å². The summed E-state index contributed by atoms with van der Waals surface area (Å²) in [5.74, 6) is 1.78. The van der Waals surface area contributed by atoms with Crippen LogP contribution in [0.3, 0.4) is 0 Å². The van der Waals surface area contributed by atoms with Gasteiger partial charge in [-0.25, -0.2) is 9.97 Å². The molecule has 2 aromatic rings. The third-order valence-corrected chi connectivity index (χ3v) is 5.87. The fourth-order valence-electron chi connectivity index (χ4n) is 3.74. The van der Waals surface area contributed by atoms with Gasteiger partial charge in [0.15, 0.2) is 0 Å². The van der Waals surface area contributed by atoms with Crippen LogP contribution in [0.15, 0.2) is 23.3 Å². The van der Waals surface area contributed by atoms with E-state index in [1.807, 2.05) is 22.8 Å². The molecule has 2 aliphatic heterocycles. The molecule has 0 unspecified atom stereocenters. The Hall–Kier alpha value is -1.77. The Morgan fingerprint density at radius 3 is 2.73 bits per heavy atom. The fourth-order valence-corrected chi connectivity index (χ4v) is 4.29. The molecule has 140 valence electrons. The van der Waals surface area contributed by atoms with Gasteiger partial charge in [0, 0.05) is 49.9 Å². The molecule has 2 saturated heterocycles. The number of carbonyl (C=O) groups is 1. The Bertz CT molecular complexity index is 703. The van der Waals surface area contributed by atoms with E-state index >= 15 is 0 Å². The number of likely N-dealkylation sites (tertiary alicyclic amines) is 1. The molecular weight excluding hydrogens is 350 g/mol. The van der Waals surface area contributed by atoms with Crippen molar-refractivity contribution >= 4 is 17.2 Å². The summed E-state index contributed by atoms with van der Waals surface area (Å²) in [6.07, 6.45) is 5.86. The SMILES string of the molecule is O=C(CN1CCOCC1)N1CCC(c2nccn2Cc2cscn2)CC1. The maximum absolute atomic E-state index is 12.6. The Labute approximate surface area is 157 Å². The summed E-state index contributed by atoms with van der Waals surface area (Å²) >= 11 is 1.62. The van der Waals surface area contributed by atoms with Gasteiger partial charge in [-0.3, -0.25) is 9.69 Å². The van der Waals surface area contributed by atoms with Gasteiger partial charge < -0.3 is 14.2 Å². The third-order valence-electron chi connectivity index (χ3n) is 5.24. The number of morpholine rings is 1. The second-order valence-electron chi connectivity index (χ2n) is 6.94. The van der Waals surface area contributed by atoms with Crippen molar-refractivity contribution in [3.63, 3.8) is 0 Å². The van der Waals surface area contributed by atoms with Crippen LogP contribution >= 0.6 is 11.3 Å². The monoisotopic (exact) mass is 375 g/mol. The fraction of sp³-hybridized carbons (Fsp3) is 0.611. The van der Waals surface area contributed by atoms with Gasteiger partial charge in [0.05, 0.1) is 37.5 Å². The quantitative estimate of drug-likeness (QED) is 0.791. The molecule has 2 fully saturated rings. The largest absolute Gasteiger partial charge is 0.379 e. The number of piperidine rings is 1. The van der Waals surface area contributed by atoms with E-state index < -0.39 is 0 Å². The second-order valence-corrected chi connectivity index (χ2v) is 7.66. The van der Waals surface area contributed by atoms with E-state index in [0.29, 0.717) is 12.5 Å². The number of amides is 1. The third kappa shape index (κ3) is 4.13. The molecule has 4 heterocycles. The average Bonchev–Trinajstić information content (AvgIpc) is 3.35. The number of imidazole rings is 1. The Morgan fingerprint density at radius 2 is 2.00 bits per heavy atom. The van der Waals surface area contributed by atoms with Crippen LogP contribution in [0.1, 0.15) is 30.3 Å². The van der Waals surface area contributed by atoms with Crippen molar-refractivity contribution < 1.29 is 9.53 Å². The van der Waals surface area contributed by atoms with Gasteiger partial charge in [0.2, 0.25) is 5.91 Å². The van der Waals surface area contributed by atoms with E-state index in [2.05, 4.69) is 24.8 Å². The molecule has 0 radical (unpaired) electrons. The van der Waals surface area contributed by atoms with E-state index in [4.69, 9.17) is 4.74 Å². The Kier molecular flexibility index (Phi) is 5.62. The first kappa shape index (κ1) is 17.6. The number of nitrogens with zero attached hydrogens (tertiary/aromatic N) is 5. The topological polar surface area (TPSA) is 63.5 Å². The number of ether oxygens (including phenoxy) is 1. The Balaban J connectivity index is 1.31. The number of thiazole rings is 1. The first-order chi connectivity index (χ1) is 12.8. The van der Waals surface area contributed by atoms with Crippen molar-refractivity contribution in [2.24, 2.45) is 0 Å². The minimum absolute atomic E-state index is 0.246. The zero-order chi connectivity index (χ0) is 17.8. The summed E-state index contributed by atoms with van der Waals surface area (Å²) in [7, 11) is 0. The molecule has 0 aliphatic carbocycles. The van der Waals surface area contributed by atoms with Crippen LogP contribution in [-0.2, 0) is 16.1 Å². The van der Waals surface area contributed by atoms with Gasteiger partial charge in [0.1, 0.15) is 5.82 Å². The predicted octanol–water partition coefficient (Wildman–Crippen LogP) is 1.43. The maximum Gasteiger partial charge on any atom is 0.236 e. The average molecular weight is 375 g/mol. The Morgan fingerprint density at radius 1 is 1.19 bits per heavy atom.